The van der Waals surface area contributed by atoms with Crippen LogP contribution in [0.15, 0.2) is 54.6 Å². The summed E-state index contributed by atoms with van der Waals surface area (Å²) in [6.07, 6.45) is 1.07. The average Bonchev–Trinajstić information content (AvgIpc) is 2.62. The van der Waals surface area contributed by atoms with Crippen LogP contribution >= 0.6 is 0 Å². The Labute approximate surface area is 138 Å². The van der Waals surface area contributed by atoms with Crippen LogP contribution in [0.2, 0.25) is 0 Å². The van der Waals surface area contributed by atoms with Crippen LogP contribution in [0.3, 0.4) is 0 Å². The lowest BCUT2D eigenvalue weighted by Crippen LogP contribution is -2.22. The second kappa shape index (κ2) is 6.82. The monoisotopic (exact) mass is 304 g/mol. The molecule has 1 aromatic heterocycles. The topological polar surface area (TPSA) is 16.1 Å². The molecule has 0 aliphatic rings. The second-order valence-electron chi connectivity index (χ2n) is 5.77. The predicted molar refractivity (Wildman–Crippen MR) is 100 cm³/mol. The Bertz CT molecular complexity index is 787. The van der Waals surface area contributed by atoms with Gasteiger partial charge >= 0.3 is 0 Å². The molecule has 23 heavy (non-hydrogen) atoms. The normalized spacial score (nSPS) is 10.9. The first-order chi connectivity index (χ1) is 11.3. The van der Waals surface area contributed by atoms with E-state index >= 15 is 0 Å². The van der Waals surface area contributed by atoms with Crippen LogP contribution in [0.5, 0.6) is 0 Å². The Balaban J connectivity index is 2.17. The first-order valence-corrected chi connectivity index (χ1v) is 8.50. The smallest absolute Gasteiger partial charge is 0.0730 e. The number of pyridine rings is 1. The molecule has 3 rings (SSSR count). The molecule has 0 saturated carbocycles. The molecule has 118 valence electrons. The molecule has 0 fully saturated rings. The third kappa shape index (κ3) is 3.07. The van der Waals surface area contributed by atoms with Crippen molar-refractivity contribution in [2.75, 3.05) is 18.0 Å². The molecule has 0 unspecified atom stereocenters. The van der Waals surface area contributed by atoms with E-state index in [1.165, 1.54) is 22.2 Å². The van der Waals surface area contributed by atoms with E-state index in [9.17, 15) is 0 Å². The number of rotatable bonds is 5. The molecule has 0 radical (unpaired) electrons. The molecule has 2 heteroatoms. The van der Waals surface area contributed by atoms with Crippen molar-refractivity contribution in [3.63, 3.8) is 0 Å². The van der Waals surface area contributed by atoms with Crippen molar-refractivity contribution in [1.29, 1.82) is 0 Å². The van der Waals surface area contributed by atoms with Gasteiger partial charge in [0, 0.05) is 29.7 Å². The lowest BCUT2D eigenvalue weighted by Gasteiger charge is -2.23. The van der Waals surface area contributed by atoms with E-state index in [4.69, 9.17) is 4.98 Å². The molecule has 0 aliphatic carbocycles. The maximum Gasteiger partial charge on any atom is 0.0730 e. The Hall–Kier alpha value is -2.35. The van der Waals surface area contributed by atoms with Gasteiger partial charge in [0.2, 0.25) is 0 Å². The lowest BCUT2D eigenvalue weighted by molar-refractivity contribution is 0.870. The SMILES string of the molecule is CCc1ccc(-c2cc(N(CC)CC)c3ccccc3n2)cc1. The second-order valence-corrected chi connectivity index (χ2v) is 5.77. The van der Waals surface area contributed by atoms with E-state index in [1.807, 2.05) is 0 Å². The fourth-order valence-corrected chi connectivity index (χ4v) is 3.04. The van der Waals surface area contributed by atoms with Crippen molar-refractivity contribution < 1.29 is 0 Å². The molecule has 0 aliphatic heterocycles. The van der Waals surface area contributed by atoms with E-state index < -0.39 is 0 Å². The van der Waals surface area contributed by atoms with Crippen molar-refractivity contribution in [3.05, 3.63) is 60.2 Å². The fourth-order valence-electron chi connectivity index (χ4n) is 3.04. The maximum absolute atomic E-state index is 4.89. The molecule has 0 spiro atoms. The number of anilines is 1. The van der Waals surface area contributed by atoms with Gasteiger partial charge in [-0.25, -0.2) is 4.98 Å². The number of benzene rings is 2. The Morgan fingerprint density at radius 2 is 1.57 bits per heavy atom. The van der Waals surface area contributed by atoms with Crippen LogP contribution < -0.4 is 4.90 Å². The van der Waals surface area contributed by atoms with Gasteiger partial charge in [-0.2, -0.15) is 0 Å². The largest absolute Gasteiger partial charge is 0.371 e. The zero-order chi connectivity index (χ0) is 16.2. The lowest BCUT2D eigenvalue weighted by atomic mass is 10.0. The fraction of sp³-hybridized carbons (Fsp3) is 0.286. The number of fused-ring (bicyclic) bond motifs is 1. The number of aryl methyl sites for hydroxylation is 1. The van der Waals surface area contributed by atoms with Gasteiger partial charge in [0.05, 0.1) is 11.2 Å². The number of aromatic nitrogens is 1. The summed E-state index contributed by atoms with van der Waals surface area (Å²) < 4.78 is 0. The van der Waals surface area contributed by atoms with Crippen molar-refractivity contribution in [2.24, 2.45) is 0 Å². The van der Waals surface area contributed by atoms with Crippen LogP contribution in [0, 0.1) is 0 Å². The van der Waals surface area contributed by atoms with Gasteiger partial charge in [-0.1, -0.05) is 49.4 Å². The Kier molecular flexibility index (Phi) is 4.61. The molecule has 3 aromatic rings. The zero-order valence-electron chi connectivity index (χ0n) is 14.2. The molecule has 1 heterocycles. The minimum absolute atomic E-state index is 0.999. The van der Waals surface area contributed by atoms with Crippen LogP contribution in [0.4, 0.5) is 5.69 Å². The minimum Gasteiger partial charge on any atom is -0.371 e. The summed E-state index contributed by atoms with van der Waals surface area (Å²) in [6.45, 7) is 8.59. The van der Waals surface area contributed by atoms with E-state index in [0.717, 1.165) is 30.7 Å². The Morgan fingerprint density at radius 3 is 2.22 bits per heavy atom. The van der Waals surface area contributed by atoms with Gasteiger partial charge in [0.1, 0.15) is 0 Å². The molecule has 0 N–H and O–H groups in total. The van der Waals surface area contributed by atoms with E-state index in [-0.39, 0.29) is 0 Å². The van der Waals surface area contributed by atoms with E-state index in [1.54, 1.807) is 0 Å². The van der Waals surface area contributed by atoms with E-state index in [2.05, 4.69) is 80.3 Å². The van der Waals surface area contributed by atoms with Crippen LogP contribution in [0.1, 0.15) is 26.3 Å². The summed E-state index contributed by atoms with van der Waals surface area (Å²) in [4.78, 5) is 7.28. The molecule has 0 saturated heterocycles. The highest BCUT2D eigenvalue weighted by atomic mass is 15.1. The van der Waals surface area contributed by atoms with Gasteiger partial charge in [-0.05, 0) is 38.0 Å². The summed E-state index contributed by atoms with van der Waals surface area (Å²) in [5.41, 5.74) is 5.93. The third-order valence-corrected chi connectivity index (χ3v) is 4.46. The predicted octanol–water partition coefficient (Wildman–Crippen LogP) is 5.31. The highest BCUT2D eigenvalue weighted by Gasteiger charge is 2.11. The highest BCUT2D eigenvalue weighted by Crippen LogP contribution is 2.31. The zero-order valence-corrected chi connectivity index (χ0v) is 14.2. The maximum atomic E-state index is 4.89. The molecule has 0 atom stereocenters. The first-order valence-electron chi connectivity index (χ1n) is 8.50. The summed E-state index contributed by atoms with van der Waals surface area (Å²) in [7, 11) is 0. The summed E-state index contributed by atoms with van der Waals surface area (Å²) in [5, 5.41) is 1.23. The molecular formula is C21H24N2. The third-order valence-electron chi connectivity index (χ3n) is 4.46. The Morgan fingerprint density at radius 1 is 0.870 bits per heavy atom. The minimum atomic E-state index is 0.999. The molecular weight excluding hydrogens is 280 g/mol. The van der Waals surface area contributed by atoms with Gasteiger partial charge < -0.3 is 4.90 Å². The summed E-state index contributed by atoms with van der Waals surface area (Å²) in [5.74, 6) is 0. The number of nitrogens with zero attached hydrogens (tertiary/aromatic N) is 2. The standard InChI is InChI=1S/C21H24N2/c1-4-16-11-13-17(14-12-16)20-15-21(23(5-2)6-3)18-9-7-8-10-19(18)22-20/h7-15H,4-6H2,1-3H3. The van der Waals surface area contributed by atoms with Gasteiger partial charge in [-0.3, -0.25) is 0 Å². The quantitative estimate of drug-likeness (QED) is 0.635. The molecule has 2 nitrogen and oxygen atoms in total. The highest BCUT2D eigenvalue weighted by molar-refractivity contribution is 5.94. The molecule has 0 amide bonds. The average molecular weight is 304 g/mol. The van der Waals surface area contributed by atoms with Gasteiger partial charge in [-0.15, -0.1) is 0 Å². The number of hydrogen-bond donors (Lipinski definition) is 0. The van der Waals surface area contributed by atoms with Crippen LogP contribution in [-0.2, 0) is 6.42 Å². The van der Waals surface area contributed by atoms with Crippen molar-refractivity contribution in [2.45, 2.75) is 27.2 Å². The van der Waals surface area contributed by atoms with Gasteiger partial charge in [0.25, 0.3) is 0 Å². The molecule has 2 aromatic carbocycles. The summed E-state index contributed by atoms with van der Waals surface area (Å²) in [6, 6.07) is 19.4. The van der Waals surface area contributed by atoms with Crippen LogP contribution in [-0.4, -0.2) is 18.1 Å². The van der Waals surface area contributed by atoms with Gasteiger partial charge in [0.15, 0.2) is 0 Å². The van der Waals surface area contributed by atoms with E-state index in [0.29, 0.717) is 0 Å². The first kappa shape index (κ1) is 15.5. The number of hydrogen-bond acceptors (Lipinski definition) is 2. The van der Waals surface area contributed by atoms with Crippen molar-refractivity contribution >= 4 is 16.6 Å². The van der Waals surface area contributed by atoms with Crippen molar-refractivity contribution in [1.82, 2.24) is 4.98 Å². The van der Waals surface area contributed by atoms with Crippen molar-refractivity contribution in [3.8, 4) is 11.3 Å². The summed E-state index contributed by atoms with van der Waals surface area (Å²) >= 11 is 0. The molecule has 0 bridgehead atoms. The van der Waals surface area contributed by atoms with Crippen LogP contribution in [0.25, 0.3) is 22.2 Å². The number of para-hydroxylation sites is 1.